The molecule has 90 heavy (non-hydrogen) atoms. The zero-order valence-corrected chi connectivity index (χ0v) is 52.0. The largest absolute Gasteiger partial charge is 0.432 e. The Morgan fingerprint density at radius 3 is 1.66 bits per heavy atom. The van der Waals surface area contributed by atoms with Crippen molar-refractivity contribution in [2.45, 2.75) is 272 Å². The lowest BCUT2D eigenvalue weighted by atomic mass is 9.33. The number of allylic oxidation sites excluding steroid dienone is 2. The molecule has 0 radical (unpaired) electrons. The highest BCUT2D eigenvalue weighted by molar-refractivity contribution is 5.80. The molecular weight excluding hydrogens is 1200 g/mol. The number of aliphatic hydroxyl groups excluding tert-OH is 16. The second-order valence-corrected chi connectivity index (χ2v) is 29.8. The maximum atomic E-state index is 15.4. The van der Waals surface area contributed by atoms with E-state index in [2.05, 4.69) is 54.5 Å². The van der Waals surface area contributed by atoms with Gasteiger partial charge in [0.15, 0.2) is 37.6 Å². The fourth-order valence-corrected chi connectivity index (χ4v) is 18.2. The lowest BCUT2D eigenvalue weighted by Gasteiger charge is -2.71. The number of ether oxygens (including phenoxy) is 12. The van der Waals surface area contributed by atoms with Crippen LogP contribution in [-0.4, -0.2) is 293 Å². The molecule has 11 rings (SSSR count). The molecule has 0 bridgehead atoms. The molecule has 4 saturated carbocycles. The maximum Gasteiger partial charge on any atom is 0.317 e. The summed E-state index contributed by atoms with van der Waals surface area (Å²) in [4.78, 5) is 15.4. The van der Waals surface area contributed by atoms with Gasteiger partial charge in [0.1, 0.15) is 115 Å². The average Bonchev–Trinajstić information content (AvgIpc) is 0.673. The third-order valence-electron chi connectivity index (χ3n) is 23.7. The van der Waals surface area contributed by atoms with Crippen LogP contribution in [0.15, 0.2) is 11.6 Å². The van der Waals surface area contributed by atoms with Gasteiger partial charge < -0.3 is 139 Å². The Bertz CT molecular complexity index is 2530. The molecular formula is C61H98O29. The smallest absolute Gasteiger partial charge is 0.317 e. The number of aliphatic hydroxyl groups is 16. The van der Waals surface area contributed by atoms with E-state index in [1.807, 2.05) is 0 Å². The molecule has 16 N–H and O–H groups in total. The highest BCUT2D eigenvalue weighted by Gasteiger charge is 2.72. The van der Waals surface area contributed by atoms with Gasteiger partial charge in [-0.2, -0.15) is 0 Å². The van der Waals surface area contributed by atoms with Gasteiger partial charge in [0.2, 0.25) is 6.29 Å². The molecule has 516 valence electrons. The summed E-state index contributed by atoms with van der Waals surface area (Å²) in [5.74, 6) is -1.05. The van der Waals surface area contributed by atoms with E-state index in [1.165, 1.54) is 0 Å². The zero-order valence-electron chi connectivity index (χ0n) is 52.0. The summed E-state index contributed by atoms with van der Waals surface area (Å²) in [7, 11) is 0. The van der Waals surface area contributed by atoms with Crippen LogP contribution in [0.25, 0.3) is 0 Å². The minimum atomic E-state index is -1.98. The minimum Gasteiger partial charge on any atom is -0.432 e. The number of hydrogen-bond donors (Lipinski definition) is 16. The summed E-state index contributed by atoms with van der Waals surface area (Å²) < 4.78 is 70.0. The van der Waals surface area contributed by atoms with E-state index in [0.29, 0.717) is 25.7 Å². The number of carbonyl (C=O) groups is 1. The lowest BCUT2D eigenvalue weighted by molar-refractivity contribution is -0.370. The standard InChI is InChI=1S/C61H98O29/c1-56(2)14-15-61(25(16-56)24-8-9-33-58(5)12-11-35(86-53-43(75)40(72)38(70)30(18-62)84-53)57(3,4)32(58)10-13-59(33,6)60(24,7)17-34(61)67)55(78)90-54-48(37(69)27(64)20-82-54)89-50-42(74)39(71)31(23-83-50)85-51-44(76)46(28(65)21-80-51)88-52-45(77)47(29(66)22-81-52)87-49-41(73)36(68)26(63)19-79-49/h8,25-54,62-77H,9-23H2,1-7H3/t25?,26-,27+,28-,29-,30-,31+,32?,33?,34-,35+,36+,37+,38-,39-,40+,41-,42-,43-,44-,45-,46+,47+,48-,49+,50+,51+,52+,53+,54+,58+,59-,60-,61-/m1/s1. The first kappa shape index (κ1) is 69.5. The summed E-state index contributed by atoms with van der Waals surface area (Å²) in [5, 5.41) is 175. The van der Waals surface area contributed by atoms with Crippen LogP contribution in [-0.2, 0) is 61.6 Å². The molecule has 0 amide bonds. The van der Waals surface area contributed by atoms with Crippen molar-refractivity contribution in [3.8, 4) is 0 Å². The van der Waals surface area contributed by atoms with Crippen molar-refractivity contribution >= 4 is 5.97 Å². The van der Waals surface area contributed by atoms with Crippen molar-refractivity contribution in [3.05, 3.63) is 11.6 Å². The molecule has 0 aromatic heterocycles. The quantitative estimate of drug-likeness (QED) is 0.0472. The van der Waals surface area contributed by atoms with Gasteiger partial charge in [-0.15, -0.1) is 0 Å². The van der Waals surface area contributed by atoms with E-state index in [1.54, 1.807) is 0 Å². The normalized spacial score (nSPS) is 54.5. The Labute approximate surface area is 521 Å². The van der Waals surface area contributed by atoms with Gasteiger partial charge in [-0.25, -0.2) is 0 Å². The van der Waals surface area contributed by atoms with Crippen molar-refractivity contribution in [2.24, 2.45) is 50.2 Å². The van der Waals surface area contributed by atoms with Crippen LogP contribution >= 0.6 is 0 Å². The molecule has 5 aliphatic carbocycles. The lowest BCUT2D eigenvalue weighted by Crippen LogP contribution is -2.68. The summed E-state index contributed by atoms with van der Waals surface area (Å²) in [6.07, 6.45) is -35.0. The highest BCUT2D eigenvalue weighted by Crippen LogP contribution is 2.76. The second-order valence-electron chi connectivity index (χ2n) is 29.8. The third-order valence-corrected chi connectivity index (χ3v) is 23.7. The van der Waals surface area contributed by atoms with Crippen LogP contribution < -0.4 is 0 Å². The molecule has 29 heteroatoms. The minimum absolute atomic E-state index is 0.128. The van der Waals surface area contributed by atoms with Crippen LogP contribution in [0.5, 0.6) is 0 Å². The van der Waals surface area contributed by atoms with Crippen molar-refractivity contribution in [1.82, 2.24) is 0 Å². The van der Waals surface area contributed by atoms with Crippen molar-refractivity contribution in [1.29, 1.82) is 0 Å². The van der Waals surface area contributed by atoms with E-state index in [0.717, 1.165) is 24.8 Å². The number of hydrogen-bond acceptors (Lipinski definition) is 29. The number of esters is 1. The Balaban J connectivity index is 0.753. The molecule has 0 spiro atoms. The second kappa shape index (κ2) is 25.8. The summed E-state index contributed by atoms with van der Waals surface area (Å²) >= 11 is 0. The van der Waals surface area contributed by atoms with Gasteiger partial charge in [-0.3, -0.25) is 4.79 Å². The molecule has 34 atom stereocenters. The Hall–Kier alpha value is -1.87. The van der Waals surface area contributed by atoms with Gasteiger partial charge in [-0.1, -0.05) is 60.1 Å². The first-order valence-electron chi connectivity index (χ1n) is 32.0. The van der Waals surface area contributed by atoms with Crippen LogP contribution in [0, 0.1) is 50.2 Å². The summed E-state index contributed by atoms with van der Waals surface area (Å²) in [6.45, 7) is 12.4. The molecule has 6 saturated heterocycles. The fraction of sp³-hybridized carbons (Fsp3) is 0.951. The SMILES string of the molecule is CC1(C)CC[C@@]2(C(=O)O[C@@H]3OC[C@H](O)[C@H](O)[C@H]3O[C@@H]3OC[C@H](O[C@@H]4OC[C@@H](O)[C@H](O[C@@H]5OC[C@@H](O)[C@H](O[C@@H]6OC[C@@H](O)[C@H](O)[C@H]6O)[C@H]5O)[C@H]4O)[C@@H](O)[C@H]3O)C(C1)C1=CCC3[C@@]4(C)CC[C@H](O[C@@H]5O[C@H](CO)[C@@H](O)[C@H](O)[C@H]5O)C(C)(C)C4CC[C@@]3(C)[C@]1(C)C[C@H]2O. The third kappa shape index (κ3) is 11.8. The monoisotopic (exact) mass is 1290 g/mol. The predicted molar refractivity (Wildman–Crippen MR) is 299 cm³/mol. The van der Waals surface area contributed by atoms with Gasteiger partial charge in [0.05, 0.1) is 51.8 Å². The predicted octanol–water partition coefficient (Wildman–Crippen LogP) is -4.22. The first-order valence-corrected chi connectivity index (χ1v) is 32.0. The zero-order chi connectivity index (χ0) is 65.3. The van der Waals surface area contributed by atoms with Crippen molar-refractivity contribution in [3.63, 3.8) is 0 Å². The van der Waals surface area contributed by atoms with Crippen LogP contribution in [0.4, 0.5) is 0 Å². The molecule has 0 aromatic carbocycles. The highest BCUT2D eigenvalue weighted by atomic mass is 16.8. The van der Waals surface area contributed by atoms with Crippen molar-refractivity contribution < 1.29 is 143 Å². The number of carbonyl (C=O) groups excluding carboxylic acids is 1. The topological polar surface area (TPSA) is 452 Å². The molecule has 11 aliphatic rings. The Kier molecular flexibility index (Phi) is 20.0. The van der Waals surface area contributed by atoms with Crippen LogP contribution in [0.2, 0.25) is 0 Å². The van der Waals surface area contributed by atoms with E-state index in [-0.39, 0.29) is 40.9 Å². The van der Waals surface area contributed by atoms with Gasteiger partial charge in [-0.05, 0) is 103 Å². The number of fused-ring (bicyclic) bond motifs is 7. The van der Waals surface area contributed by atoms with Gasteiger partial charge in [0, 0.05) is 0 Å². The van der Waals surface area contributed by atoms with Crippen LogP contribution in [0.1, 0.15) is 106 Å². The maximum absolute atomic E-state index is 15.4. The molecule has 0 aromatic rings. The molecule has 29 nitrogen and oxygen atoms in total. The van der Waals surface area contributed by atoms with Gasteiger partial charge in [0.25, 0.3) is 0 Å². The van der Waals surface area contributed by atoms with E-state index in [4.69, 9.17) is 56.8 Å². The Morgan fingerprint density at radius 2 is 1.03 bits per heavy atom. The van der Waals surface area contributed by atoms with Gasteiger partial charge >= 0.3 is 5.97 Å². The van der Waals surface area contributed by atoms with Crippen molar-refractivity contribution in [2.75, 3.05) is 39.6 Å². The fourth-order valence-electron chi connectivity index (χ4n) is 18.2. The van der Waals surface area contributed by atoms with E-state index >= 15 is 4.79 Å². The molecule has 6 aliphatic heterocycles. The summed E-state index contributed by atoms with van der Waals surface area (Å²) in [5.41, 5.74) is -2.35. The van der Waals surface area contributed by atoms with E-state index < -0.39 is 234 Å². The average molecular weight is 1300 g/mol. The molecule has 10 fully saturated rings. The number of rotatable bonds is 13. The molecule has 3 unspecified atom stereocenters. The Morgan fingerprint density at radius 1 is 0.500 bits per heavy atom. The van der Waals surface area contributed by atoms with Crippen LogP contribution in [0.3, 0.4) is 0 Å². The van der Waals surface area contributed by atoms with E-state index in [9.17, 15) is 81.7 Å². The summed E-state index contributed by atoms with van der Waals surface area (Å²) in [6, 6.07) is 0. The first-order chi connectivity index (χ1) is 42.2. The molecule has 6 heterocycles.